The number of unbranched alkanes of at least 4 members (excludes halogenated alkanes) is 5. The van der Waals surface area contributed by atoms with Crippen LogP contribution >= 0.6 is 0 Å². The van der Waals surface area contributed by atoms with E-state index in [0.717, 1.165) is 94.3 Å². The zero-order chi connectivity index (χ0) is 35.5. The van der Waals surface area contributed by atoms with Gasteiger partial charge in [-0.15, -0.1) is 4.57 Å². The first kappa shape index (κ1) is 34.3. The summed E-state index contributed by atoms with van der Waals surface area (Å²) >= 11 is 0. The Labute approximate surface area is 306 Å². The molecule has 5 aromatic carbocycles. The molecule has 1 heterocycles. The number of rotatable bonds is 15. The Morgan fingerprint density at radius 1 is 0.615 bits per heavy atom. The number of nitrogens with one attached hydrogen (secondary N) is 3. The van der Waals surface area contributed by atoms with Crippen LogP contribution in [0, 0.1) is 0 Å². The van der Waals surface area contributed by atoms with Crippen molar-refractivity contribution in [1.82, 2.24) is 10.3 Å². The topological polar surface area (TPSA) is 117 Å². The van der Waals surface area contributed by atoms with E-state index in [9.17, 15) is 0 Å². The van der Waals surface area contributed by atoms with Gasteiger partial charge in [0.25, 0.3) is 0 Å². The van der Waals surface area contributed by atoms with Crippen molar-refractivity contribution in [3.05, 3.63) is 139 Å². The minimum Gasteiger partial charge on any atom is -0.399 e. The van der Waals surface area contributed by atoms with Gasteiger partial charge in [-0.3, -0.25) is 4.99 Å². The third kappa shape index (κ3) is 8.76. The molecule has 1 aliphatic carbocycles. The van der Waals surface area contributed by atoms with Crippen molar-refractivity contribution in [1.29, 1.82) is 0 Å². The first-order chi connectivity index (χ1) is 25.6. The summed E-state index contributed by atoms with van der Waals surface area (Å²) in [4.78, 5) is 9.86. The van der Waals surface area contributed by atoms with Crippen LogP contribution in [0.4, 0.5) is 34.1 Å². The molecule has 7 N–H and O–H groups in total. The Bertz CT molecular complexity index is 2230. The summed E-state index contributed by atoms with van der Waals surface area (Å²) in [7, 11) is 0. The van der Waals surface area contributed by atoms with Crippen LogP contribution in [0.15, 0.2) is 144 Å². The number of hydrogen-bond acceptors (Lipinski definition) is 7. The highest BCUT2D eigenvalue weighted by molar-refractivity contribution is 6.00. The number of benzene rings is 5. The predicted octanol–water partition coefficient (Wildman–Crippen LogP) is 9.53. The van der Waals surface area contributed by atoms with Crippen molar-refractivity contribution in [2.75, 3.05) is 35.2 Å². The average Bonchev–Trinajstić information content (AvgIpc) is 3.17. The van der Waals surface area contributed by atoms with E-state index in [1.165, 1.54) is 31.4 Å². The van der Waals surface area contributed by atoms with Gasteiger partial charge in [0.1, 0.15) is 11.0 Å². The van der Waals surface area contributed by atoms with Gasteiger partial charge in [-0.1, -0.05) is 68.2 Å². The molecule has 1 aromatic heterocycles. The maximum absolute atomic E-state index is 6.19. The van der Waals surface area contributed by atoms with Gasteiger partial charge in [0.05, 0.1) is 11.4 Å². The molecule has 0 bridgehead atoms. The quantitative estimate of drug-likeness (QED) is 0.0318. The lowest BCUT2D eigenvalue weighted by Gasteiger charge is -2.14. The molecule has 52 heavy (non-hydrogen) atoms. The first-order valence-corrected chi connectivity index (χ1v) is 18.3. The van der Waals surface area contributed by atoms with Gasteiger partial charge in [0.15, 0.2) is 0 Å². The highest BCUT2D eigenvalue weighted by Crippen LogP contribution is 2.31. The number of allylic oxidation sites excluding steroid dienone is 3. The van der Waals surface area contributed by atoms with Crippen molar-refractivity contribution >= 4 is 61.9 Å². The molecule has 8 heteroatoms. The summed E-state index contributed by atoms with van der Waals surface area (Å²) in [5.74, 6) is 0. The van der Waals surface area contributed by atoms with Crippen molar-refractivity contribution in [3.63, 3.8) is 0 Å². The van der Waals surface area contributed by atoms with Gasteiger partial charge in [-0.2, -0.15) is 0 Å². The molecule has 0 aliphatic heterocycles. The highest BCUT2D eigenvalue weighted by atomic mass is 15.0. The van der Waals surface area contributed by atoms with Crippen molar-refractivity contribution in [3.8, 4) is 5.69 Å². The molecule has 0 saturated carbocycles. The van der Waals surface area contributed by atoms with Crippen LogP contribution in [0.1, 0.15) is 44.9 Å². The molecule has 0 saturated heterocycles. The van der Waals surface area contributed by atoms with Gasteiger partial charge < -0.3 is 27.4 Å². The van der Waals surface area contributed by atoms with E-state index in [1.54, 1.807) is 0 Å². The molecule has 7 rings (SSSR count). The van der Waals surface area contributed by atoms with Crippen molar-refractivity contribution in [2.45, 2.75) is 44.9 Å². The van der Waals surface area contributed by atoms with Gasteiger partial charge in [-0.25, -0.2) is 4.98 Å². The number of hydrogen-bond donors (Lipinski definition) is 5. The molecule has 0 amide bonds. The Balaban J connectivity index is 0.822. The molecule has 0 spiro atoms. The van der Waals surface area contributed by atoms with E-state index in [1.807, 2.05) is 72.8 Å². The Hall–Kier alpha value is -6.15. The second-order valence-electron chi connectivity index (χ2n) is 13.3. The SMILES string of the molecule is Nc1ccc(N=C2C=CC(NCCCCCCCCNc3ccc4nc5ccc(N)cc5[n+](-c5ccccc5)c4c3)=CC2)c(Nc2ccccc2)c1. The zero-order valence-electron chi connectivity index (χ0n) is 29.6. The standard InChI is InChI=1S/C44H46N8/c45-32-17-24-39(42(29-32)50-35-13-7-5-8-14-35)49-36-21-19-34(20-22-36)47-27-11-3-1-2-4-12-28-48-37-23-26-41-44(31-37)52(38-15-9-6-10-16-38)43-30-33(46)18-25-40(43)51-41/h5-10,13-21,23-26,29-31,47,50H,1-4,11-12,22,27-28,45H2,(H2,46,48)/p+1. The summed E-state index contributed by atoms with van der Waals surface area (Å²) in [5, 5.41) is 10.7. The lowest BCUT2D eigenvalue weighted by Crippen LogP contribution is -2.33. The van der Waals surface area contributed by atoms with E-state index >= 15 is 0 Å². The van der Waals surface area contributed by atoms with Gasteiger partial charge in [0, 0.05) is 77.9 Å². The molecule has 8 nitrogen and oxygen atoms in total. The zero-order valence-corrected chi connectivity index (χ0v) is 29.6. The minimum atomic E-state index is 0.707. The van der Waals surface area contributed by atoms with E-state index in [4.69, 9.17) is 21.4 Å². The Morgan fingerprint density at radius 3 is 2.02 bits per heavy atom. The van der Waals surface area contributed by atoms with E-state index < -0.39 is 0 Å². The van der Waals surface area contributed by atoms with Crippen LogP contribution in [0.2, 0.25) is 0 Å². The second-order valence-corrected chi connectivity index (χ2v) is 13.3. The third-order valence-electron chi connectivity index (χ3n) is 9.30. The molecule has 0 atom stereocenters. The molecular weight excluding hydrogens is 641 g/mol. The number of nitrogen functional groups attached to an aromatic ring is 2. The fourth-order valence-corrected chi connectivity index (χ4v) is 6.59. The monoisotopic (exact) mass is 687 g/mol. The summed E-state index contributed by atoms with van der Waals surface area (Å²) in [6.45, 7) is 1.93. The van der Waals surface area contributed by atoms with Crippen molar-refractivity contribution < 1.29 is 4.57 Å². The smallest absolute Gasteiger partial charge is 0.239 e. The van der Waals surface area contributed by atoms with E-state index in [-0.39, 0.29) is 0 Å². The Morgan fingerprint density at radius 2 is 1.27 bits per heavy atom. The largest absolute Gasteiger partial charge is 0.399 e. The second kappa shape index (κ2) is 16.7. The Kier molecular flexibility index (Phi) is 11.0. The van der Waals surface area contributed by atoms with E-state index in [2.05, 4.69) is 81.2 Å². The van der Waals surface area contributed by atoms with Crippen LogP contribution in [-0.4, -0.2) is 23.8 Å². The number of nitrogens with zero attached hydrogens (tertiary/aromatic N) is 3. The molecule has 1 aliphatic rings. The fourth-order valence-electron chi connectivity index (χ4n) is 6.59. The average molecular weight is 688 g/mol. The van der Waals surface area contributed by atoms with Gasteiger partial charge >= 0.3 is 0 Å². The molecule has 0 radical (unpaired) electrons. The van der Waals surface area contributed by atoms with Crippen LogP contribution in [0.25, 0.3) is 27.8 Å². The molecule has 0 fully saturated rings. The van der Waals surface area contributed by atoms with Crippen LogP contribution in [-0.2, 0) is 0 Å². The molecule has 0 unspecified atom stereocenters. The highest BCUT2D eigenvalue weighted by Gasteiger charge is 2.20. The normalized spacial score (nSPS) is 13.4. The van der Waals surface area contributed by atoms with Gasteiger partial charge in [0.2, 0.25) is 16.7 Å². The molecule has 262 valence electrons. The maximum atomic E-state index is 6.19. The van der Waals surface area contributed by atoms with Crippen LogP contribution in [0.5, 0.6) is 0 Å². The first-order valence-electron chi connectivity index (χ1n) is 18.3. The molecule has 6 aromatic rings. The number of anilines is 5. The number of aliphatic imine (C=N–C) groups is 1. The molecular formula is C44H47N8+. The van der Waals surface area contributed by atoms with Crippen LogP contribution < -0.4 is 32.0 Å². The minimum absolute atomic E-state index is 0.707. The lowest BCUT2D eigenvalue weighted by atomic mass is 10.1. The third-order valence-corrected chi connectivity index (χ3v) is 9.30. The van der Waals surface area contributed by atoms with Crippen molar-refractivity contribution in [2.24, 2.45) is 4.99 Å². The van der Waals surface area contributed by atoms with E-state index in [0.29, 0.717) is 5.69 Å². The lowest BCUT2D eigenvalue weighted by molar-refractivity contribution is -0.538. The summed E-state index contributed by atoms with van der Waals surface area (Å²) < 4.78 is 2.25. The van der Waals surface area contributed by atoms with Crippen LogP contribution in [0.3, 0.4) is 0 Å². The maximum Gasteiger partial charge on any atom is 0.239 e. The summed E-state index contributed by atoms with van der Waals surface area (Å²) in [5.41, 5.74) is 24.8. The fraction of sp³-hybridized carbons (Fsp3) is 0.205. The number of aromatic nitrogens is 2. The number of para-hydroxylation sites is 2. The predicted molar refractivity (Wildman–Crippen MR) is 219 cm³/mol. The summed E-state index contributed by atoms with van der Waals surface area (Å²) in [6.07, 6.45) is 14.5. The number of fused-ring (bicyclic) bond motifs is 2. The number of nitrogens with two attached hydrogens (primary N) is 2. The summed E-state index contributed by atoms with van der Waals surface area (Å²) in [6, 6.07) is 38.6. The van der Waals surface area contributed by atoms with Gasteiger partial charge in [-0.05, 0) is 79.6 Å².